The first-order valence-electron chi connectivity index (χ1n) is 10.5. The number of carbonyl (C=O) groups excluding carboxylic acids is 2. The van der Waals surface area contributed by atoms with Crippen LogP contribution in [-0.4, -0.2) is 35.9 Å². The lowest BCUT2D eigenvalue weighted by atomic mass is 10.0. The summed E-state index contributed by atoms with van der Waals surface area (Å²) in [6, 6.07) is 11.9. The van der Waals surface area contributed by atoms with Gasteiger partial charge in [-0.05, 0) is 49.6 Å². The molecular weight excluding hydrogens is 410 g/mol. The van der Waals surface area contributed by atoms with Gasteiger partial charge in [-0.1, -0.05) is 30.3 Å². The second kappa shape index (κ2) is 8.69. The van der Waals surface area contributed by atoms with Crippen LogP contribution in [0.25, 0.3) is 10.8 Å². The van der Waals surface area contributed by atoms with E-state index in [1.165, 1.54) is 11.3 Å². The van der Waals surface area contributed by atoms with Crippen LogP contribution in [0.1, 0.15) is 51.9 Å². The molecule has 162 valence electrons. The first kappa shape index (κ1) is 21.3. The molecule has 0 atom stereocenters. The molecule has 0 saturated carbocycles. The number of hydrogen-bond donors (Lipinski definition) is 2. The Kier molecular flexibility index (Phi) is 5.98. The monoisotopic (exact) mass is 437 g/mol. The van der Waals surface area contributed by atoms with Crippen molar-refractivity contribution < 1.29 is 14.3 Å². The van der Waals surface area contributed by atoms with Crippen LogP contribution in [0.2, 0.25) is 0 Å². The Balaban J connectivity index is 1.75. The van der Waals surface area contributed by atoms with E-state index in [0.717, 1.165) is 40.7 Å². The number of rotatable bonds is 6. The summed E-state index contributed by atoms with van der Waals surface area (Å²) >= 11 is 1.44. The predicted octanol–water partition coefficient (Wildman–Crippen LogP) is 4.42. The molecule has 31 heavy (non-hydrogen) atoms. The molecule has 1 aromatic heterocycles. The summed E-state index contributed by atoms with van der Waals surface area (Å²) in [5, 5.41) is 5.25. The summed E-state index contributed by atoms with van der Waals surface area (Å²) in [5.41, 5.74) is 7.61. The third kappa shape index (κ3) is 4.03. The number of benzene rings is 2. The van der Waals surface area contributed by atoms with E-state index in [4.69, 9.17) is 10.5 Å². The Labute approximate surface area is 186 Å². The fourth-order valence-corrected chi connectivity index (χ4v) is 5.41. The highest BCUT2D eigenvalue weighted by molar-refractivity contribution is 7.17. The normalized spacial score (nSPS) is 13.9. The molecule has 0 unspecified atom stereocenters. The molecule has 1 aliphatic rings. The van der Waals surface area contributed by atoms with Gasteiger partial charge >= 0.3 is 0 Å². The van der Waals surface area contributed by atoms with E-state index >= 15 is 0 Å². The third-order valence-electron chi connectivity index (χ3n) is 5.71. The van der Waals surface area contributed by atoms with Gasteiger partial charge in [-0.3, -0.25) is 14.5 Å². The molecule has 4 rings (SSSR count). The second-order valence-electron chi connectivity index (χ2n) is 7.93. The van der Waals surface area contributed by atoms with Crippen molar-refractivity contribution in [2.75, 3.05) is 18.5 Å². The molecule has 6 nitrogen and oxygen atoms in total. The van der Waals surface area contributed by atoms with Crippen LogP contribution in [0.15, 0.2) is 36.4 Å². The van der Waals surface area contributed by atoms with E-state index in [2.05, 4.69) is 24.1 Å². The molecule has 0 saturated heterocycles. The number of nitrogens with one attached hydrogen (secondary N) is 1. The zero-order chi connectivity index (χ0) is 22.1. The summed E-state index contributed by atoms with van der Waals surface area (Å²) < 4.78 is 5.75. The lowest BCUT2D eigenvalue weighted by molar-refractivity contribution is 0.0999. The summed E-state index contributed by atoms with van der Waals surface area (Å²) in [6.07, 6.45) is 0.747. The minimum atomic E-state index is -0.506. The van der Waals surface area contributed by atoms with Crippen LogP contribution >= 0.6 is 11.3 Å². The van der Waals surface area contributed by atoms with Gasteiger partial charge in [0.05, 0.1) is 17.7 Å². The number of nitrogens with zero attached hydrogens (tertiary/aromatic N) is 1. The van der Waals surface area contributed by atoms with Crippen LogP contribution in [0.4, 0.5) is 5.00 Å². The number of hydrogen-bond acceptors (Lipinski definition) is 5. The zero-order valence-electron chi connectivity index (χ0n) is 18.0. The Morgan fingerprint density at radius 2 is 1.97 bits per heavy atom. The molecular formula is C24H27N3O3S. The largest absolute Gasteiger partial charge is 0.493 e. The van der Waals surface area contributed by atoms with Gasteiger partial charge in [-0.25, -0.2) is 0 Å². The van der Waals surface area contributed by atoms with Crippen LogP contribution in [0.3, 0.4) is 0 Å². The van der Waals surface area contributed by atoms with Gasteiger partial charge in [-0.2, -0.15) is 0 Å². The van der Waals surface area contributed by atoms with Crippen molar-refractivity contribution in [2.24, 2.45) is 5.73 Å². The lowest BCUT2D eigenvalue weighted by Crippen LogP contribution is -2.35. The minimum absolute atomic E-state index is 0.304. The van der Waals surface area contributed by atoms with E-state index < -0.39 is 5.91 Å². The van der Waals surface area contributed by atoms with Crippen LogP contribution in [0, 0.1) is 0 Å². The quantitative estimate of drug-likeness (QED) is 0.598. The number of amides is 2. The van der Waals surface area contributed by atoms with Gasteiger partial charge in [0.25, 0.3) is 11.8 Å². The fraction of sp³-hybridized carbons (Fsp3) is 0.333. The average molecular weight is 438 g/mol. The van der Waals surface area contributed by atoms with Gasteiger partial charge in [-0.15, -0.1) is 11.3 Å². The van der Waals surface area contributed by atoms with Crippen LogP contribution in [0.5, 0.6) is 5.75 Å². The lowest BCUT2D eigenvalue weighted by Gasteiger charge is -2.30. The van der Waals surface area contributed by atoms with Crippen molar-refractivity contribution in [3.05, 3.63) is 58.0 Å². The van der Waals surface area contributed by atoms with Gasteiger partial charge in [0.2, 0.25) is 0 Å². The molecule has 2 aromatic carbocycles. The van der Waals surface area contributed by atoms with Crippen molar-refractivity contribution in [2.45, 2.75) is 39.8 Å². The summed E-state index contributed by atoms with van der Waals surface area (Å²) in [7, 11) is 0. The van der Waals surface area contributed by atoms with E-state index in [1.807, 2.05) is 43.3 Å². The first-order chi connectivity index (χ1) is 14.9. The second-order valence-corrected chi connectivity index (χ2v) is 9.04. The van der Waals surface area contributed by atoms with Crippen molar-refractivity contribution >= 4 is 38.9 Å². The number of anilines is 1. The highest BCUT2D eigenvalue weighted by Crippen LogP contribution is 2.38. The van der Waals surface area contributed by atoms with Gasteiger partial charge in [0.15, 0.2) is 0 Å². The number of thiophene rings is 1. The molecule has 1 aliphatic heterocycles. The fourth-order valence-electron chi connectivity index (χ4n) is 4.14. The van der Waals surface area contributed by atoms with E-state index in [0.29, 0.717) is 34.5 Å². The number of fused-ring (bicyclic) bond motifs is 2. The van der Waals surface area contributed by atoms with Gasteiger partial charge in [0, 0.05) is 24.0 Å². The van der Waals surface area contributed by atoms with Gasteiger partial charge < -0.3 is 15.8 Å². The van der Waals surface area contributed by atoms with Crippen LogP contribution in [-0.2, 0) is 13.0 Å². The summed E-state index contributed by atoms with van der Waals surface area (Å²) in [5.74, 6) is -0.289. The topological polar surface area (TPSA) is 84.7 Å². The van der Waals surface area contributed by atoms with E-state index in [9.17, 15) is 9.59 Å². The average Bonchev–Trinajstić information content (AvgIpc) is 3.10. The number of primary amides is 1. The smallest absolute Gasteiger partial charge is 0.260 e. The van der Waals surface area contributed by atoms with Crippen LogP contribution < -0.4 is 15.8 Å². The van der Waals surface area contributed by atoms with Crippen molar-refractivity contribution in [3.63, 3.8) is 0 Å². The summed E-state index contributed by atoms with van der Waals surface area (Å²) in [6.45, 7) is 8.27. The highest BCUT2D eigenvalue weighted by atomic mass is 32.1. The molecule has 3 N–H and O–H groups in total. The van der Waals surface area contributed by atoms with E-state index in [1.54, 1.807) is 0 Å². The summed E-state index contributed by atoms with van der Waals surface area (Å²) in [4.78, 5) is 29.2. The van der Waals surface area contributed by atoms with Crippen molar-refractivity contribution in [3.8, 4) is 5.75 Å². The highest BCUT2D eigenvalue weighted by Gasteiger charge is 2.29. The Morgan fingerprint density at radius 3 is 2.68 bits per heavy atom. The number of ether oxygens (including phenoxy) is 1. The van der Waals surface area contributed by atoms with Gasteiger partial charge in [0.1, 0.15) is 10.8 Å². The Hall–Kier alpha value is -2.90. The molecule has 2 heterocycles. The Morgan fingerprint density at radius 1 is 1.19 bits per heavy atom. The zero-order valence-corrected chi connectivity index (χ0v) is 18.8. The standard InChI is InChI=1S/C24H27N3O3S/c1-4-30-18-10-9-15-7-5-6-8-16(15)20(18)23(29)26-24-21(22(25)28)17-11-12-27(14(2)3)13-19(17)31-24/h5-10,14H,4,11-13H2,1-3H3,(H2,25,28)(H,26,29). The molecule has 0 radical (unpaired) electrons. The molecule has 3 aromatic rings. The van der Waals surface area contributed by atoms with Crippen molar-refractivity contribution in [1.29, 1.82) is 0 Å². The molecule has 0 bridgehead atoms. The minimum Gasteiger partial charge on any atom is -0.493 e. The number of nitrogens with two attached hydrogens (primary N) is 1. The number of carbonyl (C=O) groups is 2. The molecule has 0 fully saturated rings. The molecule has 0 aliphatic carbocycles. The molecule has 0 spiro atoms. The molecule has 7 heteroatoms. The third-order valence-corrected chi connectivity index (χ3v) is 6.84. The molecule has 2 amide bonds. The SMILES string of the molecule is CCOc1ccc2ccccc2c1C(=O)Nc1sc2c(c1C(N)=O)CCN(C(C)C)C2. The predicted molar refractivity (Wildman–Crippen MR) is 125 cm³/mol. The van der Waals surface area contributed by atoms with E-state index in [-0.39, 0.29) is 5.91 Å². The maximum atomic E-state index is 13.4. The maximum Gasteiger partial charge on any atom is 0.260 e. The maximum absolute atomic E-state index is 13.4. The Bertz CT molecular complexity index is 1150. The first-order valence-corrected chi connectivity index (χ1v) is 11.4. The van der Waals surface area contributed by atoms with Crippen molar-refractivity contribution in [1.82, 2.24) is 4.90 Å².